The van der Waals surface area contributed by atoms with Gasteiger partial charge in [-0.3, -0.25) is 0 Å². The van der Waals surface area contributed by atoms with Crippen LogP contribution in [-0.2, 0) is 6.61 Å². The average molecular weight is 300 g/mol. The smallest absolute Gasteiger partial charge is 0.137 e. The number of nitrogens with zero attached hydrogens (tertiary/aromatic N) is 2. The largest absolute Gasteiger partial charge is 0.488 e. The summed E-state index contributed by atoms with van der Waals surface area (Å²) in [6.45, 7) is 0.547. The third kappa shape index (κ3) is 2.81. The summed E-state index contributed by atoms with van der Waals surface area (Å²) in [5.41, 5.74) is 4.00. The van der Waals surface area contributed by atoms with E-state index >= 15 is 0 Å². The first-order valence-electron chi connectivity index (χ1n) is 7.60. The van der Waals surface area contributed by atoms with E-state index in [9.17, 15) is 0 Å². The van der Waals surface area contributed by atoms with E-state index in [1.54, 1.807) is 0 Å². The number of imidazole rings is 1. The highest BCUT2D eigenvalue weighted by atomic mass is 16.5. The van der Waals surface area contributed by atoms with E-state index in [1.807, 2.05) is 77.5 Å². The van der Waals surface area contributed by atoms with Crippen molar-refractivity contribution in [2.24, 2.45) is 0 Å². The molecule has 0 saturated heterocycles. The number of hydrogen-bond donors (Lipinski definition) is 0. The van der Waals surface area contributed by atoms with Crippen LogP contribution >= 0.6 is 0 Å². The maximum absolute atomic E-state index is 6.02. The van der Waals surface area contributed by atoms with Crippen molar-refractivity contribution in [1.29, 1.82) is 0 Å². The summed E-state index contributed by atoms with van der Waals surface area (Å²) >= 11 is 0. The molecule has 0 fully saturated rings. The van der Waals surface area contributed by atoms with Gasteiger partial charge in [0.1, 0.15) is 18.0 Å². The number of benzene rings is 2. The van der Waals surface area contributed by atoms with Crippen LogP contribution in [0, 0.1) is 0 Å². The minimum Gasteiger partial charge on any atom is -0.488 e. The molecule has 2 aromatic heterocycles. The first-order chi connectivity index (χ1) is 11.4. The summed E-state index contributed by atoms with van der Waals surface area (Å²) < 4.78 is 8.04. The van der Waals surface area contributed by atoms with Gasteiger partial charge in [0.15, 0.2) is 0 Å². The fourth-order valence-electron chi connectivity index (χ4n) is 2.60. The van der Waals surface area contributed by atoms with Gasteiger partial charge in [0.2, 0.25) is 0 Å². The first kappa shape index (κ1) is 13.6. The molecule has 3 heteroatoms. The van der Waals surface area contributed by atoms with Gasteiger partial charge >= 0.3 is 0 Å². The third-order valence-electron chi connectivity index (χ3n) is 3.76. The van der Waals surface area contributed by atoms with Crippen molar-refractivity contribution in [3.05, 3.63) is 90.8 Å². The third-order valence-corrected chi connectivity index (χ3v) is 3.76. The number of rotatable bonds is 4. The van der Waals surface area contributed by atoms with Crippen molar-refractivity contribution >= 4 is 5.65 Å². The highest BCUT2D eigenvalue weighted by Crippen LogP contribution is 2.29. The Bertz CT molecular complexity index is 895. The van der Waals surface area contributed by atoms with Crippen molar-refractivity contribution in [1.82, 2.24) is 9.38 Å². The highest BCUT2D eigenvalue weighted by molar-refractivity contribution is 5.69. The monoisotopic (exact) mass is 300 g/mol. The molecule has 0 saturated carbocycles. The molecule has 0 aliphatic carbocycles. The van der Waals surface area contributed by atoms with Gasteiger partial charge < -0.3 is 9.14 Å². The van der Waals surface area contributed by atoms with Crippen LogP contribution in [0.1, 0.15) is 5.56 Å². The molecular formula is C20H16N2O. The molecule has 0 spiro atoms. The molecule has 4 rings (SSSR count). The van der Waals surface area contributed by atoms with E-state index in [4.69, 9.17) is 4.74 Å². The topological polar surface area (TPSA) is 26.5 Å². The molecule has 2 heterocycles. The molecule has 0 unspecified atom stereocenters. The Morgan fingerprint density at radius 3 is 2.48 bits per heavy atom. The normalized spacial score (nSPS) is 10.8. The lowest BCUT2D eigenvalue weighted by molar-refractivity contribution is 0.307. The highest BCUT2D eigenvalue weighted by Gasteiger charge is 2.10. The van der Waals surface area contributed by atoms with Crippen molar-refractivity contribution in [3.63, 3.8) is 0 Å². The van der Waals surface area contributed by atoms with E-state index in [-0.39, 0.29) is 0 Å². The van der Waals surface area contributed by atoms with Crippen LogP contribution in [0.25, 0.3) is 16.9 Å². The molecule has 4 aromatic rings. The number of pyridine rings is 1. The molecule has 0 aliphatic rings. The van der Waals surface area contributed by atoms with E-state index in [1.165, 1.54) is 0 Å². The molecule has 0 radical (unpaired) electrons. The van der Waals surface area contributed by atoms with Crippen LogP contribution in [0.4, 0.5) is 0 Å². The molecule has 0 aliphatic heterocycles. The Kier molecular flexibility index (Phi) is 3.53. The van der Waals surface area contributed by atoms with E-state index in [2.05, 4.69) is 17.1 Å². The summed E-state index contributed by atoms with van der Waals surface area (Å²) in [6, 6.07) is 24.2. The number of fused-ring (bicyclic) bond motifs is 1. The zero-order valence-electron chi connectivity index (χ0n) is 12.6. The lowest BCUT2D eigenvalue weighted by atomic mass is 10.1. The summed E-state index contributed by atoms with van der Waals surface area (Å²) in [6.07, 6.45) is 4.03. The minimum absolute atomic E-state index is 0.547. The Labute approximate surface area is 134 Å². The molecule has 112 valence electrons. The second-order valence-corrected chi connectivity index (χ2v) is 5.36. The van der Waals surface area contributed by atoms with Gasteiger partial charge in [-0.15, -0.1) is 0 Å². The van der Waals surface area contributed by atoms with Gasteiger partial charge in [0, 0.05) is 18.0 Å². The van der Waals surface area contributed by atoms with Gasteiger partial charge in [-0.1, -0.05) is 48.5 Å². The van der Waals surface area contributed by atoms with Crippen LogP contribution in [0.5, 0.6) is 5.75 Å². The predicted octanol–water partition coefficient (Wildman–Crippen LogP) is 4.58. The Hall–Kier alpha value is -3.07. The number of hydrogen-bond acceptors (Lipinski definition) is 2. The maximum Gasteiger partial charge on any atom is 0.137 e. The molecule has 3 nitrogen and oxygen atoms in total. The zero-order chi connectivity index (χ0) is 15.5. The Morgan fingerprint density at radius 1 is 0.826 bits per heavy atom. The number of ether oxygens (including phenoxy) is 1. The fourth-order valence-corrected chi connectivity index (χ4v) is 2.60. The molecule has 0 N–H and O–H groups in total. The SMILES string of the molecule is c1ccc(COc2ccccc2-c2cn3ccccc3n2)cc1. The quantitative estimate of drug-likeness (QED) is 0.551. The standard InChI is InChI=1S/C20H16N2O/c1-2-8-16(9-3-1)15-23-19-11-5-4-10-17(19)18-14-22-13-7-6-12-20(22)21-18/h1-14H,15H2. The molecule has 0 atom stereocenters. The van der Waals surface area contributed by atoms with E-state index in [0.29, 0.717) is 6.61 Å². The van der Waals surface area contributed by atoms with E-state index < -0.39 is 0 Å². The van der Waals surface area contributed by atoms with Gasteiger partial charge in [-0.25, -0.2) is 4.98 Å². The lowest BCUT2D eigenvalue weighted by Crippen LogP contribution is -1.96. The van der Waals surface area contributed by atoms with Gasteiger partial charge in [0.25, 0.3) is 0 Å². The van der Waals surface area contributed by atoms with Crippen molar-refractivity contribution < 1.29 is 4.74 Å². The van der Waals surface area contributed by atoms with Gasteiger partial charge in [-0.05, 0) is 29.8 Å². The number of para-hydroxylation sites is 1. The van der Waals surface area contributed by atoms with Crippen LogP contribution < -0.4 is 4.74 Å². The fraction of sp³-hybridized carbons (Fsp3) is 0.0500. The van der Waals surface area contributed by atoms with Crippen LogP contribution in [0.3, 0.4) is 0 Å². The summed E-state index contributed by atoms with van der Waals surface area (Å²) in [5.74, 6) is 0.847. The first-order valence-corrected chi connectivity index (χ1v) is 7.60. The second-order valence-electron chi connectivity index (χ2n) is 5.36. The number of aromatic nitrogens is 2. The zero-order valence-corrected chi connectivity index (χ0v) is 12.6. The minimum atomic E-state index is 0.547. The van der Waals surface area contributed by atoms with E-state index in [0.717, 1.165) is 28.2 Å². The van der Waals surface area contributed by atoms with Crippen molar-refractivity contribution in [2.75, 3.05) is 0 Å². The van der Waals surface area contributed by atoms with Crippen LogP contribution in [0.2, 0.25) is 0 Å². The lowest BCUT2D eigenvalue weighted by Gasteiger charge is -2.10. The predicted molar refractivity (Wildman–Crippen MR) is 91.4 cm³/mol. The second kappa shape index (κ2) is 5.97. The van der Waals surface area contributed by atoms with Gasteiger partial charge in [-0.2, -0.15) is 0 Å². The molecule has 23 heavy (non-hydrogen) atoms. The Morgan fingerprint density at radius 2 is 1.61 bits per heavy atom. The molecular weight excluding hydrogens is 284 g/mol. The van der Waals surface area contributed by atoms with Crippen molar-refractivity contribution in [2.45, 2.75) is 6.61 Å². The maximum atomic E-state index is 6.02. The average Bonchev–Trinajstić information content (AvgIpc) is 3.05. The molecule has 0 amide bonds. The van der Waals surface area contributed by atoms with Crippen LogP contribution in [0.15, 0.2) is 85.2 Å². The molecule has 0 bridgehead atoms. The summed E-state index contributed by atoms with van der Waals surface area (Å²) in [5, 5.41) is 0. The van der Waals surface area contributed by atoms with Crippen molar-refractivity contribution in [3.8, 4) is 17.0 Å². The summed E-state index contributed by atoms with van der Waals surface area (Å²) in [7, 11) is 0. The Balaban J connectivity index is 1.66. The summed E-state index contributed by atoms with van der Waals surface area (Å²) in [4.78, 5) is 4.68. The molecule has 2 aromatic carbocycles. The van der Waals surface area contributed by atoms with Gasteiger partial charge in [0.05, 0.1) is 5.69 Å². The van der Waals surface area contributed by atoms with Crippen LogP contribution in [-0.4, -0.2) is 9.38 Å².